The van der Waals surface area contributed by atoms with Crippen molar-refractivity contribution in [3.8, 4) is 44.6 Å². The SMILES string of the molecule is Cc1ccnc(-c2ccc(C)c(-c3cc(-c4cnc(C)cc4C)cc(-c4cc5ncccc5c5ccccc45)c3)c2)c1. The lowest BCUT2D eigenvalue weighted by molar-refractivity contribution is 1.18. The van der Waals surface area contributed by atoms with Gasteiger partial charge < -0.3 is 0 Å². The van der Waals surface area contributed by atoms with Crippen molar-refractivity contribution in [3.05, 3.63) is 138 Å². The second-order valence-electron chi connectivity index (χ2n) is 11.2. The lowest BCUT2D eigenvalue weighted by Crippen LogP contribution is -1.93. The van der Waals surface area contributed by atoms with E-state index < -0.39 is 0 Å². The van der Waals surface area contributed by atoms with Gasteiger partial charge >= 0.3 is 0 Å². The van der Waals surface area contributed by atoms with Gasteiger partial charge in [0.05, 0.1) is 11.2 Å². The fourth-order valence-electron chi connectivity index (χ4n) is 6.05. The normalized spacial score (nSPS) is 11.3. The first-order chi connectivity index (χ1) is 20.4. The zero-order valence-corrected chi connectivity index (χ0v) is 24.3. The maximum atomic E-state index is 4.75. The van der Waals surface area contributed by atoms with Crippen LogP contribution in [0.25, 0.3) is 66.3 Å². The number of fused-ring (bicyclic) bond motifs is 3. The first-order valence-corrected chi connectivity index (χ1v) is 14.3. The second-order valence-corrected chi connectivity index (χ2v) is 11.2. The van der Waals surface area contributed by atoms with E-state index in [0.717, 1.165) is 39.2 Å². The van der Waals surface area contributed by atoms with E-state index in [1.807, 2.05) is 37.6 Å². The molecule has 0 amide bonds. The average Bonchev–Trinajstić information content (AvgIpc) is 3.00. The molecule has 4 aromatic carbocycles. The van der Waals surface area contributed by atoms with Gasteiger partial charge in [0.2, 0.25) is 0 Å². The molecule has 0 aliphatic heterocycles. The molecular formula is C39H31N3. The lowest BCUT2D eigenvalue weighted by Gasteiger charge is -2.17. The van der Waals surface area contributed by atoms with Crippen LogP contribution < -0.4 is 0 Å². The van der Waals surface area contributed by atoms with Crippen LogP contribution in [0.4, 0.5) is 0 Å². The van der Waals surface area contributed by atoms with Gasteiger partial charge in [-0.15, -0.1) is 0 Å². The van der Waals surface area contributed by atoms with E-state index in [1.165, 1.54) is 49.5 Å². The van der Waals surface area contributed by atoms with Gasteiger partial charge in [-0.1, -0.05) is 42.5 Å². The molecule has 3 nitrogen and oxygen atoms in total. The van der Waals surface area contributed by atoms with Gasteiger partial charge in [-0.05, 0) is 138 Å². The van der Waals surface area contributed by atoms with Crippen LogP contribution in [0, 0.1) is 27.7 Å². The molecule has 202 valence electrons. The lowest BCUT2D eigenvalue weighted by atomic mass is 9.88. The van der Waals surface area contributed by atoms with Gasteiger partial charge in [0, 0.05) is 40.8 Å². The molecule has 3 aromatic heterocycles. The van der Waals surface area contributed by atoms with E-state index >= 15 is 0 Å². The van der Waals surface area contributed by atoms with Crippen molar-refractivity contribution in [3.63, 3.8) is 0 Å². The number of hydrogen-bond acceptors (Lipinski definition) is 3. The highest BCUT2D eigenvalue weighted by Crippen LogP contribution is 2.40. The summed E-state index contributed by atoms with van der Waals surface area (Å²) in [5.41, 5.74) is 14.7. The van der Waals surface area contributed by atoms with Crippen LogP contribution in [0.3, 0.4) is 0 Å². The van der Waals surface area contributed by atoms with Crippen LogP contribution in [-0.2, 0) is 0 Å². The Kier molecular flexibility index (Phi) is 6.36. The Bertz CT molecular complexity index is 2140. The Morgan fingerprint density at radius 1 is 0.452 bits per heavy atom. The third kappa shape index (κ3) is 4.63. The molecule has 7 rings (SSSR count). The molecule has 42 heavy (non-hydrogen) atoms. The molecule has 0 bridgehead atoms. The van der Waals surface area contributed by atoms with Crippen molar-refractivity contribution in [2.75, 3.05) is 0 Å². The van der Waals surface area contributed by atoms with Gasteiger partial charge in [0.1, 0.15) is 0 Å². The van der Waals surface area contributed by atoms with E-state index in [1.54, 1.807) is 0 Å². The number of pyridine rings is 3. The van der Waals surface area contributed by atoms with Gasteiger partial charge in [-0.2, -0.15) is 0 Å². The predicted octanol–water partition coefficient (Wildman–Crippen LogP) is 10.1. The summed E-state index contributed by atoms with van der Waals surface area (Å²) in [5.74, 6) is 0. The Balaban J connectivity index is 1.51. The number of rotatable bonds is 4. The maximum absolute atomic E-state index is 4.75. The minimum Gasteiger partial charge on any atom is -0.261 e. The number of hydrogen-bond donors (Lipinski definition) is 0. The zero-order valence-electron chi connectivity index (χ0n) is 24.3. The van der Waals surface area contributed by atoms with E-state index in [0.29, 0.717) is 0 Å². The fraction of sp³-hybridized carbons (Fsp3) is 0.103. The molecule has 0 saturated carbocycles. The van der Waals surface area contributed by atoms with Crippen molar-refractivity contribution in [2.24, 2.45) is 0 Å². The van der Waals surface area contributed by atoms with Crippen molar-refractivity contribution in [1.82, 2.24) is 15.0 Å². The molecule has 0 spiro atoms. The number of nitrogens with zero attached hydrogens (tertiary/aromatic N) is 3. The molecule has 0 radical (unpaired) electrons. The number of benzene rings is 4. The summed E-state index contributed by atoms with van der Waals surface area (Å²) in [7, 11) is 0. The highest BCUT2D eigenvalue weighted by Gasteiger charge is 2.15. The summed E-state index contributed by atoms with van der Waals surface area (Å²) in [6.07, 6.45) is 5.76. The molecule has 0 aliphatic rings. The highest BCUT2D eigenvalue weighted by molar-refractivity contribution is 6.13. The third-order valence-electron chi connectivity index (χ3n) is 8.19. The second kappa shape index (κ2) is 10.4. The molecule has 0 atom stereocenters. The van der Waals surface area contributed by atoms with Crippen LogP contribution in [-0.4, -0.2) is 15.0 Å². The predicted molar refractivity (Wildman–Crippen MR) is 176 cm³/mol. The monoisotopic (exact) mass is 541 g/mol. The van der Waals surface area contributed by atoms with Gasteiger partial charge in [-0.3, -0.25) is 15.0 Å². The van der Waals surface area contributed by atoms with E-state index in [4.69, 9.17) is 4.98 Å². The summed E-state index contributed by atoms with van der Waals surface area (Å²) >= 11 is 0. The molecule has 0 fully saturated rings. The molecule has 3 heterocycles. The van der Waals surface area contributed by atoms with E-state index in [9.17, 15) is 0 Å². The molecule has 0 saturated heterocycles. The van der Waals surface area contributed by atoms with Gasteiger partial charge in [-0.25, -0.2) is 0 Å². The highest BCUT2D eigenvalue weighted by atomic mass is 14.7. The van der Waals surface area contributed by atoms with Gasteiger partial charge in [0.15, 0.2) is 0 Å². The van der Waals surface area contributed by atoms with Crippen LogP contribution >= 0.6 is 0 Å². The van der Waals surface area contributed by atoms with E-state index in [2.05, 4.69) is 116 Å². The minimum atomic E-state index is 0.984. The third-order valence-corrected chi connectivity index (χ3v) is 8.19. The fourth-order valence-corrected chi connectivity index (χ4v) is 6.05. The maximum Gasteiger partial charge on any atom is 0.0714 e. The summed E-state index contributed by atoms with van der Waals surface area (Å²) < 4.78 is 0. The molecule has 0 N–H and O–H groups in total. The minimum absolute atomic E-state index is 0.984. The molecule has 3 heteroatoms. The summed E-state index contributed by atoms with van der Waals surface area (Å²) in [4.78, 5) is 14.1. The van der Waals surface area contributed by atoms with Crippen LogP contribution in [0.15, 0.2) is 116 Å². The summed E-state index contributed by atoms with van der Waals surface area (Å²) in [6, 6.07) is 35.0. The van der Waals surface area contributed by atoms with E-state index in [-0.39, 0.29) is 0 Å². The summed E-state index contributed by atoms with van der Waals surface area (Å²) in [5, 5.41) is 3.59. The first kappa shape index (κ1) is 25.8. The smallest absolute Gasteiger partial charge is 0.0714 e. The largest absolute Gasteiger partial charge is 0.261 e. The average molecular weight is 542 g/mol. The Morgan fingerprint density at radius 3 is 1.98 bits per heavy atom. The standard InChI is InChI=1S/C39H31N3/c1-24-13-15-41-38(16-24)28-12-11-25(2)35(21-28)29-18-30(20-31(19-29)37-23-42-27(4)17-26(37)3)36-22-39-34(10-7-14-40-39)32-8-5-6-9-33(32)36/h5-23H,1-4H3. The number of aryl methyl sites for hydroxylation is 4. The topological polar surface area (TPSA) is 38.7 Å². The van der Waals surface area contributed by atoms with Crippen molar-refractivity contribution < 1.29 is 0 Å². The number of aromatic nitrogens is 3. The first-order valence-electron chi connectivity index (χ1n) is 14.3. The molecule has 0 unspecified atom stereocenters. The van der Waals surface area contributed by atoms with Crippen molar-refractivity contribution in [1.29, 1.82) is 0 Å². The van der Waals surface area contributed by atoms with Crippen LogP contribution in [0.1, 0.15) is 22.4 Å². The van der Waals surface area contributed by atoms with Crippen molar-refractivity contribution >= 4 is 21.7 Å². The Labute approximate surface area is 246 Å². The summed E-state index contributed by atoms with van der Waals surface area (Å²) in [6.45, 7) is 8.50. The Morgan fingerprint density at radius 2 is 1.19 bits per heavy atom. The zero-order chi connectivity index (χ0) is 28.8. The molecular weight excluding hydrogens is 510 g/mol. The molecule has 0 aliphatic carbocycles. The van der Waals surface area contributed by atoms with Crippen LogP contribution in [0.5, 0.6) is 0 Å². The van der Waals surface area contributed by atoms with Crippen molar-refractivity contribution in [2.45, 2.75) is 27.7 Å². The van der Waals surface area contributed by atoms with Gasteiger partial charge in [0.25, 0.3) is 0 Å². The van der Waals surface area contributed by atoms with Crippen LogP contribution in [0.2, 0.25) is 0 Å². The Hall–Kier alpha value is -5.15. The quantitative estimate of drug-likeness (QED) is 0.208. The molecule has 7 aromatic rings.